The van der Waals surface area contributed by atoms with Gasteiger partial charge in [0, 0.05) is 35.3 Å². The number of carbonyl (C=O) groups excluding carboxylic acids is 1. The second kappa shape index (κ2) is 9.85. The monoisotopic (exact) mass is 515 g/mol. The molecule has 0 bridgehead atoms. The molecule has 0 radical (unpaired) electrons. The van der Waals surface area contributed by atoms with Gasteiger partial charge in [-0.05, 0) is 36.4 Å². The zero-order chi connectivity index (χ0) is 27.0. The molecule has 38 heavy (non-hydrogen) atoms. The van der Waals surface area contributed by atoms with Crippen LogP contribution >= 0.6 is 0 Å². The Labute approximate surface area is 217 Å². The first-order valence-corrected chi connectivity index (χ1v) is 11.6. The van der Waals surface area contributed by atoms with Crippen molar-refractivity contribution in [2.24, 2.45) is 0 Å². The van der Waals surface area contributed by atoms with E-state index in [1.54, 1.807) is 54.3 Å². The maximum atomic E-state index is 13.4. The number of rotatable bonds is 7. The molecule has 0 aliphatic rings. The zero-order valence-corrected chi connectivity index (χ0v) is 21.5. The van der Waals surface area contributed by atoms with Crippen LogP contribution in [0.3, 0.4) is 0 Å². The lowest BCUT2D eigenvalue weighted by molar-refractivity contribution is 0.0962. The van der Waals surface area contributed by atoms with Crippen molar-refractivity contribution in [3.63, 3.8) is 0 Å². The highest BCUT2D eigenvalue weighted by Gasteiger charge is 2.21. The molecule has 0 saturated carbocycles. The molecule has 0 amide bonds. The van der Waals surface area contributed by atoms with E-state index in [0.29, 0.717) is 51.0 Å². The predicted molar refractivity (Wildman–Crippen MR) is 142 cm³/mol. The van der Waals surface area contributed by atoms with E-state index < -0.39 is 0 Å². The largest absolute Gasteiger partial charge is 0.497 e. The Bertz CT molecular complexity index is 1750. The van der Waals surface area contributed by atoms with Gasteiger partial charge in [0.2, 0.25) is 5.75 Å². The quantitative estimate of drug-likeness (QED) is 0.294. The molecule has 0 spiro atoms. The van der Waals surface area contributed by atoms with E-state index in [9.17, 15) is 9.59 Å². The van der Waals surface area contributed by atoms with Crippen LogP contribution in [0.15, 0.2) is 70.0 Å². The van der Waals surface area contributed by atoms with Gasteiger partial charge in [0.15, 0.2) is 16.9 Å². The zero-order valence-electron chi connectivity index (χ0n) is 21.5. The van der Waals surface area contributed by atoms with E-state index in [1.807, 2.05) is 12.1 Å². The van der Waals surface area contributed by atoms with Crippen LogP contribution in [0, 0.1) is 0 Å². The summed E-state index contributed by atoms with van der Waals surface area (Å²) in [6.07, 6.45) is 1.69. The normalized spacial score (nSPS) is 11.0. The summed E-state index contributed by atoms with van der Waals surface area (Å²) in [6, 6.07) is 15.3. The van der Waals surface area contributed by atoms with Gasteiger partial charge in [0.05, 0.1) is 46.6 Å². The van der Waals surface area contributed by atoms with Crippen molar-refractivity contribution >= 4 is 27.8 Å². The van der Waals surface area contributed by atoms with Crippen LogP contribution in [0.2, 0.25) is 0 Å². The fraction of sp³-hybridized carbons (Fsp3) is 0.172. The highest BCUT2D eigenvalue weighted by molar-refractivity contribution is 6.04. The Kier molecular flexibility index (Phi) is 6.42. The van der Waals surface area contributed by atoms with Gasteiger partial charge in [-0.1, -0.05) is 0 Å². The van der Waals surface area contributed by atoms with Crippen molar-refractivity contribution in [3.05, 3.63) is 76.6 Å². The molecule has 3 aromatic carbocycles. The van der Waals surface area contributed by atoms with Crippen LogP contribution < -0.4 is 29.1 Å². The minimum absolute atomic E-state index is 0.238. The van der Waals surface area contributed by atoms with E-state index in [-0.39, 0.29) is 22.5 Å². The van der Waals surface area contributed by atoms with E-state index in [0.717, 1.165) is 5.39 Å². The van der Waals surface area contributed by atoms with Gasteiger partial charge in [-0.15, -0.1) is 0 Å². The van der Waals surface area contributed by atoms with Gasteiger partial charge in [0.25, 0.3) is 5.91 Å². The van der Waals surface area contributed by atoms with Crippen molar-refractivity contribution in [1.29, 1.82) is 0 Å². The number of methoxy groups -OCH3 is 5. The number of carbonyl (C=O) groups is 1. The van der Waals surface area contributed by atoms with Crippen LogP contribution in [-0.2, 0) is 0 Å². The third-order valence-corrected chi connectivity index (χ3v) is 6.35. The Balaban J connectivity index is 1.59. The number of benzene rings is 3. The molecule has 0 saturated heterocycles. The van der Waals surface area contributed by atoms with Crippen LogP contribution in [0.1, 0.15) is 10.4 Å². The number of hydrogen-bond acceptors (Lipinski definition) is 8. The number of fused-ring (bicyclic) bond motifs is 2. The Hall–Kier alpha value is -4.92. The Morgan fingerprint density at radius 3 is 2.21 bits per heavy atom. The van der Waals surface area contributed by atoms with Gasteiger partial charge in [-0.3, -0.25) is 14.2 Å². The second-order valence-corrected chi connectivity index (χ2v) is 8.32. The molecule has 194 valence electrons. The van der Waals surface area contributed by atoms with Crippen molar-refractivity contribution in [2.75, 3.05) is 35.5 Å². The average molecular weight is 516 g/mol. The summed E-state index contributed by atoms with van der Waals surface area (Å²) in [5.74, 6) is 2.02. The molecular weight excluding hydrogens is 490 g/mol. The maximum Gasteiger partial charge on any atom is 0.266 e. The van der Waals surface area contributed by atoms with Crippen molar-refractivity contribution < 1.29 is 32.9 Å². The van der Waals surface area contributed by atoms with Crippen molar-refractivity contribution in [3.8, 4) is 40.1 Å². The van der Waals surface area contributed by atoms with Crippen LogP contribution in [0.25, 0.3) is 33.2 Å². The lowest BCUT2D eigenvalue weighted by Gasteiger charge is -2.14. The fourth-order valence-electron chi connectivity index (χ4n) is 4.51. The van der Waals surface area contributed by atoms with E-state index >= 15 is 0 Å². The van der Waals surface area contributed by atoms with E-state index in [1.165, 1.54) is 34.5 Å². The van der Waals surface area contributed by atoms with E-state index in [2.05, 4.69) is 0 Å². The number of nitrogens with zero attached hydrogens (tertiary/aromatic N) is 1. The summed E-state index contributed by atoms with van der Waals surface area (Å²) >= 11 is 0. The van der Waals surface area contributed by atoms with Crippen LogP contribution in [0.4, 0.5) is 0 Å². The summed E-state index contributed by atoms with van der Waals surface area (Å²) < 4.78 is 34.5. The molecule has 0 aliphatic heterocycles. The molecule has 0 atom stereocenters. The van der Waals surface area contributed by atoms with Gasteiger partial charge < -0.3 is 28.1 Å². The fourth-order valence-corrected chi connectivity index (χ4v) is 4.51. The number of hydrogen-bond donors (Lipinski definition) is 0. The number of aromatic nitrogens is 1. The topological polar surface area (TPSA) is 98.4 Å². The third-order valence-electron chi connectivity index (χ3n) is 6.35. The molecule has 9 heteroatoms. The second-order valence-electron chi connectivity index (χ2n) is 8.32. The highest BCUT2D eigenvalue weighted by Crippen LogP contribution is 2.43. The van der Waals surface area contributed by atoms with Crippen LogP contribution in [-0.4, -0.2) is 46.0 Å². The van der Waals surface area contributed by atoms with Crippen LogP contribution in [0.5, 0.6) is 28.7 Å². The minimum atomic E-state index is -0.293. The standard InChI is InChI=1S/C29H25NO8/c1-33-18-7-8-19(23(13-18)34-2)29(32)30-11-10-16-12-17(6-9-20(16)30)22-14-21(31)26-24(38-22)15-25(35-3)27(36-4)28(26)37-5/h6-15H,1-5H3. The number of ether oxygens (including phenoxy) is 5. The van der Waals surface area contributed by atoms with Gasteiger partial charge >= 0.3 is 0 Å². The Morgan fingerprint density at radius 1 is 0.763 bits per heavy atom. The first kappa shape index (κ1) is 24.8. The molecule has 2 aromatic heterocycles. The first-order chi connectivity index (χ1) is 18.4. The summed E-state index contributed by atoms with van der Waals surface area (Å²) in [5, 5.41) is 1.04. The van der Waals surface area contributed by atoms with Gasteiger partial charge in [-0.2, -0.15) is 0 Å². The van der Waals surface area contributed by atoms with E-state index in [4.69, 9.17) is 28.1 Å². The van der Waals surface area contributed by atoms with Crippen molar-refractivity contribution in [1.82, 2.24) is 4.57 Å². The summed E-state index contributed by atoms with van der Waals surface area (Å²) in [6.45, 7) is 0. The third kappa shape index (κ3) is 3.98. The summed E-state index contributed by atoms with van der Waals surface area (Å²) in [4.78, 5) is 26.5. The molecular formula is C29H25NO8. The van der Waals surface area contributed by atoms with Gasteiger partial charge in [0.1, 0.15) is 28.2 Å². The molecule has 5 aromatic rings. The predicted octanol–water partition coefficient (Wildman–Crippen LogP) is 5.15. The molecule has 9 nitrogen and oxygen atoms in total. The van der Waals surface area contributed by atoms with Crippen molar-refractivity contribution in [2.45, 2.75) is 0 Å². The molecule has 0 aliphatic carbocycles. The molecule has 0 fully saturated rings. The van der Waals surface area contributed by atoms with Gasteiger partial charge in [-0.25, -0.2) is 0 Å². The SMILES string of the molecule is COc1ccc(C(=O)n2ccc3cc(-c4cc(=O)c5c(OC)c(OC)c(OC)cc5o4)ccc32)c(OC)c1. The summed E-state index contributed by atoms with van der Waals surface area (Å²) in [5.41, 5.74) is 1.75. The molecule has 5 rings (SSSR count). The smallest absolute Gasteiger partial charge is 0.266 e. The molecule has 2 heterocycles. The lowest BCUT2D eigenvalue weighted by Crippen LogP contribution is -2.12. The molecule has 0 unspecified atom stereocenters. The summed E-state index contributed by atoms with van der Waals surface area (Å²) in [7, 11) is 7.47. The Morgan fingerprint density at radius 2 is 1.53 bits per heavy atom. The first-order valence-electron chi connectivity index (χ1n) is 11.6. The lowest BCUT2D eigenvalue weighted by atomic mass is 10.1. The highest BCUT2D eigenvalue weighted by atomic mass is 16.5. The molecule has 0 N–H and O–H groups in total. The maximum absolute atomic E-state index is 13.4. The minimum Gasteiger partial charge on any atom is -0.497 e. The average Bonchev–Trinajstić information content (AvgIpc) is 3.38.